The second kappa shape index (κ2) is 7.90. The van der Waals surface area contributed by atoms with Crippen molar-refractivity contribution in [1.82, 2.24) is 4.90 Å². The molecule has 0 unspecified atom stereocenters. The third kappa shape index (κ3) is 5.33. The minimum atomic E-state index is -4.50. The largest absolute Gasteiger partial charge is 0.483 e. The van der Waals surface area contributed by atoms with Gasteiger partial charge in [0.1, 0.15) is 18.1 Å². The predicted octanol–water partition coefficient (Wildman–Crippen LogP) is 3.81. The first-order valence-electron chi connectivity index (χ1n) is 7.46. The van der Waals surface area contributed by atoms with Crippen LogP contribution in [0.1, 0.15) is 18.2 Å². The molecule has 0 aliphatic heterocycles. The molecule has 0 spiro atoms. The molecule has 130 valence electrons. The van der Waals surface area contributed by atoms with Crippen LogP contribution in [0, 0.1) is 0 Å². The van der Waals surface area contributed by atoms with Crippen molar-refractivity contribution in [1.29, 1.82) is 0 Å². The smallest absolute Gasteiger partial charge is 0.406 e. The summed E-state index contributed by atoms with van der Waals surface area (Å²) in [6, 6.07) is 10.2. The zero-order chi connectivity index (χ0) is 17.6. The number of halogens is 3. The molecule has 2 aromatic rings. The summed E-state index contributed by atoms with van der Waals surface area (Å²) in [5, 5.41) is 0. The normalized spacial score (nSPS) is 11.3. The molecule has 0 bridgehead atoms. The van der Waals surface area contributed by atoms with Gasteiger partial charge < -0.3 is 14.1 Å². The molecule has 0 N–H and O–H groups in total. The van der Waals surface area contributed by atoms with E-state index in [2.05, 4.69) is 0 Å². The van der Waals surface area contributed by atoms with E-state index in [1.807, 2.05) is 19.1 Å². The number of carbonyl (C=O) groups excluding carboxylic acids is 1. The van der Waals surface area contributed by atoms with Crippen molar-refractivity contribution in [3.8, 4) is 5.75 Å². The molecule has 0 saturated carbocycles. The van der Waals surface area contributed by atoms with Crippen molar-refractivity contribution in [2.45, 2.75) is 26.1 Å². The summed E-state index contributed by atoms with van der Waals surface area (Å²) in [6.45, 7) is -0.153. The third-order valence-electron chi connectivity index (χ3n) is 3.35. The minimum absolute atomic E-state index is 0.260. The molecule has 1 aromatic heterocycles. The number of alkyl halides is 3. The molecule has 1 heterocycles. The Hall–Kier alpha value is -2.44. The lowest BCUT2D eigenvalue weighted by molar-refractivity contribution is -0.164. The Kier molecular flexibility index (Phi) is 5.89. The first-order valence-corrected chi connectivity index (χ1v) is 7.46. The molecule has 0 fully saturated rings. The Bertz CT molecular complexity index is 653. The summed E-state index contributed by atoms with van der Waals surface area (Å²) in [7, 11) is 0. The van der Waals surface area contributed by atoms with Crippen LogP contribution >= 0.6 is 0 Å². The Morgan fingerprint density at radius 2 is 1.96 bits per heavy atom. The quantitative estimate of drug-likeness (QED) is 0.769. The standard InChI is InChI=1S/C17H18F3NO3/c1-2-13-6-3-4-8-15(13)24-11-16(22)21(12-17(18,19)20)10-14-7-5-9-23-14/h3-9H,2,10-12H2,1H3. The fraction of sp³-hybridized carbons (Fsp3) is 0.353. The Labute approximate surface area is 137 Å². The average Bonchev–Trinajstić information content (AvgIpc) is 3.04. The molecule has 0 atom stereocenters. The van der Waals surface area contributed by atoms with Crippen molar-refractivity contribution >= 4 is 5.91 Å². The zero-order valence-corrected chi connectivity index (χ0v) is 13.2. The second-order valence-corrected chi connectivity index (χ2v) is 5.19. The van der Waals surface area contributed by atoms with Gasteiger partial charge in [-0.25, -0.2) is 0 Å². The van der Waals surface area contributed by atoms with Crippen LogP contribution in [0.25, 0.3) is 0 Å². The molecule has 2 rings (SSSR count). The summed E-state index contributed by atoms with van der Waals surface area (Å²) in [6.07, 6.45) is -2.45. The van der Waals surface area contributed by atoms with E-state index in [1.165, 1.54) is 12.3 Å². The molecule has 24 heavy (non-hydrogen) atoms. The lowest BCUT2D eigenvalue weighted by Crippen LogP contribution is -2.40. The number of carbonyl (C=O) groups is 1. The highest BCUT2D eigenvalue weighted by Crippen LogP contribution is 2.20. The Morgan fingerprint density at radius 3 is 2.58 bits per heavy atom. The van der Waals surface area contributed by atoms with Crippen LogP contribution in [0.3, 0.4) is 0 Å². The summed E-state index contributed by atoms with van der Waals surface area (Å²) in [4.78, 5) is 12.9. The fourth-order valence-electron chi connectivity index (χ4n) is 2.21. The molecule has 0 aliphatic rings. The van der Waals surface area contributed by atoms with Gasteiger partial charge in [-0.3, -0.25) is 4.79 Å². The van der Waals surface area contributed by atoms with Gasteiger partial charge in [-0.1, -0.05) is 25.1 Å². The number of nitrogens with zero attached hydrogens (tertiary/aromatic N) is 1. The fourth-order valence-corrected chi connectivity index (χ4v) is 2.21. The van der Waals surface area contributed by atoms with E-state index in [0.29, 0.717) is 17.1 Å². The summed E-state index contributed by atoms with van der Waals surface area (Å²) in [5.41, 5.74) is 0.888. The number of para-hydroxylation sites is 1. The number of aryl methyl sites for hydroxylation is 1. The van der Waals surface area contributed by atoms with Crippen LogP contribution in [-0.2, 0) is 17.8 Å². The summed E-state index contributed by atoms with van der Waals surface area (Å²) < 4.78 is 48.6. The molecule has 0 aliphatic carbocycles. The van der Waals surface area contributed by atoms with Crippen molar-refractivity contribution in [3.63, 3.8) is 0 Å². The third-order valence-corrected chi connectivity index (χ3v) is 3.35. The van der Waals surface area contributed by atoms with Gasteiger partial charge in [0.2, 0.25) is 0 Å². The maximum absolute atomic E-state index is 12.7. The van der Waals surface area contributed by atoms with E-state index < -0.39 is 25.2 Å². The molecule has 1 aromatic carbocycles. The molecular formula is C17H18F3NO3. The van der Waals surface area contributed by atoms with Crippen molar-refractivity contribution in [2.75, 3.05) is 13.2 Å². The number of rotatable bonds is 7. The molecule has 4 nitrogen and oxygen atoms in total. The van der Waals surface area contributed by atoms with E-state index >= 15 is 0 Å². The van der Waals surface area contributed by atoms with Gasteiger partial charge in [-0.2, -0.15) is 13.2 Å². The molecule has 0 radical (unpaired) electrons. The number of amides is 1. The zero-order valence-electron chi connectivity index (χ0n) is 13.2. The highest BCUT2D eigenvalue weighted by molar-refractivity contribution is 5.77. The van der Waals surface area contributed by atoms with E-state index in [1.54, 1.807) is 18.2 Å². The maximum Gasteiger partial charge on any atom is 0.406 e. The van der Waals surface area contributed by atoms with Gasteiger partial charge >= 0.3 is 6.18 Å². The summed E-state index contributed by atoms with van der Waals surface area (Å²) in [5.74, 6) is 0.0227. The number of benzene rings is 1. The van der Waals surface area contributed by atoms with Crippen LogP contribution in [0.4, 0.5) is 13.2 Å². The Balaban J connectivity index is 2.03. The van der Waals surface area contributed by atoms with Crippen molar-refractivity contribution in [2.24, 2.45) is 0 Å². The highest BCUT2D eigenvalue weighted by Gasteiger charge is 2.33. The second-order valence-electron chi connectivity index (χ2n) is 5.19. The van der Waals surface area contributed by atoms with Crippen LogP contribution < -0.4 is 4.74 Å². The van der Waals surface area contributed by atoms with Crippen LogP contribution in [0.2, 0.25) is 0 Å². The molecular weight excluding hydrogens is 323 g/mol. The van der Waals surface area contributed by atoms with Crippen molar-refractivity contribution in [3.05, 3.63) is 54.0 Å². The van der Waals surface area contributed by atoms with Gasteiger partial charge in [-0.05, 0) is 30.2 Å². The van der Waals surface area contributed by atoms with E-state index in [9.17, 15) is 18.0 Å². The first-order chi connectivity index (χ1) is 11.4. The van der Waals surface area contributed by atoms with Gasteiger partial charge in [0, 0.05) is 0 Å². The number of hydrogen-bond donors (Lipinski definition) is 0. The van der Waals surface area contributed by atoms with Gasteiger partial charge in [0.25, 0.3) is 5.91 Å². The van der Waals surface area contributed by atoms with Crippen molar-refractivity contribution < 1.29 is 27.1 Å². The van der Waals surface area contributed by atoms with Gasteiger partial charge in [-0.15, -0.1) is 0 Å². The number of hydrogen-bond acceptors (Lipinski definition) is 3. The first kappa shape index (κ1) is 17.9. The minimum Gasteiger partial charge on any atom is -0.483 e. The monoisotopic (exact) mass is 341 g/mol. The van der Waals surface area contributed by atoms with Crippen LogP contribution in [0.5, 0.6) is 5.75 Å². The van der Waals surface area contributed by atoms with Gasteiger partial charge in [0.05, 0.1) is 12.8 Å². The molecule has 0 saturated heterocycles. The SMILES string of the molecule is CCc1ccccc1OCC(=O)N(Cc1ccco1)CC(F)(F)F. The predicted molar refractivity (Wildman–Crippen MR) is 81.5 cm³/mol. The van der Waals surface area contributed by atoms with E-state index in [-0.39, 0.29) is 12.3 Å². The topological polar surface area (TPSA) is 42.7 Å². The number of ether oxygens (including phenoxy) is 1. The van der Waals surface area contributed by atoms with E-state index in [0.717, 1.165) is 5.56 Å². The number of furan rings is 1. The average molecular weight is 341 g/mol. The lowest BCUT2D eigenvalue weighted by atomic mass is 10.1. The van der Waals surface area contributed by atoms with Gasteiger partial charge in [0.15, 0.2) is 6.61 Å². The maximum atomic E-state index is 12.7. The molecule has 1 amide bonds. The summed E-state index contributed by atoms with van der Waals surface area (Å²) >= 11 is 0. The van der Waals surface area contributed by atoms with Crippen LogP contribution in [0.15, 0.2) is 47.1 Å². The Morgan fingerprint density at radius 1 is 1.21 bits per heavy atom. The lowest BCUT2D eigenvalue weighted by Gasteiger charge is -2.23. The molecule has 7 heteroatoms. The highest BCUT2D eigenvalue weighted by atomic mass is 19.4. The van der Waals surface area contributed by atoms with E-state index in [4.69, 9.17) is 9.15 Å². The van der Waals surface area contributed by atoms with Crippen LogP contribution in [-0.4, -0.2) is 30.1 Å².